The summed E-state index contributed by atoms with van der Waals surface area (Å²) in [5.74, 6) is -0.105. The molecule has 5 nitrogen and oxygen atoms in total. The van der Waals surface area contributed by atoms with Crippen molar-refractivity contribution >= 4 is 35.0 Å². The molecule has 0 fully saturated rings. The molecule has 0 saturated carbocycles. The van der Waals surface area contributed by atoms with Crippen molar-refractivity contribution in [1.29, 1.82) is 0 Å². The highest BCUT2D eigenvalue weighted by Crippen LogP contribution is 2.25. The first-order valence-corrected chi connectivity index (χ1v) is 8.97. The number of nitrogens with zero attached hydrogens (tertiary/aromatic N) is 3. The second-order valence-corrected chi connectivity index (χ2v) is 6.96. The Morgan fingerprint density at radius 3 is 2.91 bits per heavy atom. The van der Waals surface area contributed by atoms with Crippen LogP contribution in [0.4, 0.5) is 5.69 Å². The van der Waals surface area contributed by atoms with E-state index in [1.807, 2.05) is 23.6 Å². The molecule has 7 heteroatoms. The van der Waals surface area contributed by atoms with E-state index < -0.39 is 0 Å². The first-order valence-electron chi connectivity index (χ1n) is 7.71. The van der Waals surface area contributed by atoms with Gasteiger partial charge in [-0.15, -0.1) is 10.2 Å². The zero-order chi connectivity index (χ0) is 16.7. The molecule has 0 spiro atoms. The molecule has 2 aromatic rings. The number of hydrogen-bond donors (Lipinski definition) is 1. The highest BCUT2D eigenvalue weighted by atomic mass is 35.5. The number of amides is 1. The maximum absolute atomic E-state index is 12.3. The smallest absolute Gasteiger partial charge is 0.237 e. The number of carbonyl (C=O) groups excluding carboxylic acids is 1. The molecule has 0 aliphatic carbocycles. The molecule has 124 valence electrons. The Bertz CT molecular complexity index is 647. The molecule has 0 unspecified atom stereocenters. The molecule has 1 N–H and O–H groups in total. The molecule has 1 aromatic carbocycles. The SMILES string of the molecule is CCCCCn1cnnc1S[C@@H](C)C(=O)Nc1ccccc1Cl. The van der Waals surface area contributed by atoms with E-state index in [4.69, 9.17) is 11.6 Å². The van der Waals surface area contributed by atoms with Crippen LogP contribution < -0.4 is 5.32 Å². The zero-order valence-corrected chi connectivity index (χ0v) is 14.9. The topological polar surface area (TPSA) is 59.8 Å². The Morgan fingerprint density at radius 2 is 2.17 bits per heavy atom. The predicted octanol–water partition coefficient (Wildman–Crippen LogP) is 4.24. The highest BCUT2D eigenvalue weighted by molar-refractivity contribution is 8.00. The summed E-state index contributed by atoms with van der Waals surface area (Å²) in [4.78, 5) is 12.3. The summed E-state index contributed by atoms with van der Waals surface area (Å²) in [6.45, 7) is 4.90. The van der Waals surface area contributed by atoms with E-state index in [1.165, 1.54) is 24.6 Å². The molecule has 1 amide bonds. The van der Waals surface area contributed by atoms with E-state index in [0.29, 0.717) is 10.7 Å². The van der Waals surface area contributed by atoms with Gasteiger partial charge in [-0.2, -0.15) is 0 Å². The Kier molecular flexibility index (Phi) is 6.92. The summed E-state index contributed by atoms with van der Waals surface area (Å²) >= 11 is 7.47. The fraction of sp³-hybridized carbons (Fsp3) is 0.438. The summed E-state index contributed by atoms with van der Waals surface area (Å²) in [7, 11) is 0. The quantitative estimate of drug-likeness (QED) is 0.570. The number of para-hydroxylation sites is 1. The number of thioether (sulfide) groups is 1. The Balaban J connectivity index is 1.94. The molecule has 23 heavy (non-hydrogen) atoms. The number of anilines is 1. The van der Waals surface area contributed by atoms with Crippen LogP contribution in [0.15, 0.2) is 35.7 Å². The highest BCUT2D eigenvalue weighted by Gasteiger charge is 2.18. The van der Waals surface area contributed by atoms with Crippen molar-refractivity contribution in [3.8, 4) is 0 Å². The maximum atomic E-state index is 12.3. The zero-order valence-electron chi connectivity index (χ0n) is 13.3. The molecule has 0 aliphatic heterocycles. The van der Waals surface area contributed by atoms with Crippen LogP contribution in [-0.2, 0) is 11.3 Å². The van der Waals surface area contributed by atoms with Crippen LogP contribution in [0, 0.1) is 0 Å². The molecule has 1 heterocycles. The molecular formula is C16H21ClN4OS. The molecule has 1 aromatic heterocycles. The lowest BCUT2D eigenvalue weighted by Gasteiger charge is -2.13. The maximum Gasteiger partial charge on any atom is 0.237 e. The number of unbranched alkanes of at least 4 members (excludes halogenated alkanes) is 2. The molecule has 1 atom stereocenters. The van der Waals surface area contributed by atoms with Crippen LogP contribution in [0.2, 0.25) is 5.02 Å². The summed E-state index contributed by atoms with van der Waals surface area (Å²) in [6.07, 6.45) is 5.14. The van der Waals surface area contributed by atoms with E-state index in [1.54, 1.807) is 18.5 Å². The largest absolute Gasteiger partial charge is 0.324 e. The van der Waals surface area contributed by atoms with E-state index in [2.05, 4.69) is 22.4 Å². The van der Waals surface area contributed by atoms with Gasteiger partial charge in [0.1, 0.15) is 6.33 Å². The van der Waals surface area contributed by atoms with Gasteiger partial charge >= 0.3 is 0 Å². The van der Waals surface area contributed by atoms with E-state index in [9.17, 15) is 4.79 Å². The first kappa shape index (κ1) is 17.8. The van der Waals surface area contributed by atoms with E-state index in [0.717, 1.165) is 18.1 Å². The summed E-state index contributed by atoms with van der Waals surface area (Å²) in [6, 6.07) is 7.20. The number of aromatic nitrogens is 3. The molecule has 0 aliphatic rings. The van der Waals surface area contributed by atoms with Gasteiger partial charge in [0.25, 0.3) is 0 Å². The second-order valence-electron chi connectivity index (χ2n) is 5.24. The van der Waals surface area contributed by atoms with E-state index in [-0.39, 0.29) is 11.2 Å². The lowest BCUT2D eigenvalue weighted by molar-refractivity contribution is -0.115. The molecular weight excluding hydrogens is 332 g/mol. The Hall–Kier alpha value is -1.53. The van der Waals surface area contributed by atoms with Crippen LogP contribution in [-0.4, -0.2) is 25.9 Å². The van der Waals surface area contributed by atoms with Crippen molar-refractivity contribution in [3.63, 3.8) is 0 Å². The summed E-state index contributed by atoms with van der Waals surface area (Å²) in [5, 5.41) is 11.9. The molecule has 0 bridgehead atoms. The van der Waals surface area contributed by atoms with Crippen LogP contribution in [0.1, 0.15) is 33.1 Å². The van der Waals surface area contributed by atoms with Crippen molar-refractivity contribution in [2.75, 3.05) is 5.32 Å². The van der Waals surface area contributed by atoms with Gasteiger partial charge in [-0.05, 0) is 25.5 Å². The number of benzene rings is 1. The molecule has 2 rings (SSSR count). The predicted molar refractivity (Wildman–Crippen MR) is 94.9 cm³/mol. The number of nitrogens with one attached hydrogen (secondary N) is 1. The summed E-state index contributed by atoms with van der Waals surface area (Å²) < 4.78 is 2.00. The monoisotopic (exact) mass is 352 g/mol. The number of carbonyl (C=O) groups is 1. The molecule has 0 saturated heterocycles. The van der Waals surface area contributed by atoms with Crippen LogP contribution >= 0.6 is 23.4 Å². The van der Waals surface area contributed by atoms with Gasteiger partial charge < -0.3 is 9.88 Å². The van der Waals surface area contributed by atoms with E-state index >= 15 is 0 Å². The van der Waals surface area contributed by atoms with Crippen molar-refractivity contribution in [1.82, 2.24) is 14.8 Å². The number of hydrogen-bond acceptors (Lipinski definition) is 4. The van der Waals surface area contributed by atoms with Gasteiger partial charge in [0.15, 0.2) is 5.16 Å². The van der Waals surface area contributed by atoms with Gasteiger partial charge in [0.05, 0.1) is 16.0 Å². The van der Waals surface area contributed by atoms with Gasteiger partial charge in [-0.25, -0.2) is 0 Å². The molecule has 0 radical (unpaired) electrons. The minimum Gasteiger partial charge on any atom is -0.324 e. The Labute approximate surface area is 145 Å². The Morgan fingerprint density at radius 1 is 1.39 bits per heavy atom. The van der Waals surface area contributed by atoms with Crippen LogP contribution in [0.25, 0.3) is 0 Å². The van der Waals surface area contributed by atoms with Crippen molar-refractivity contribution in [2.24, 2.45) is 0 Å². The fourth-order valence-corrected chi connectivity index (χ4v) is 3.06. The number of halogens is 1. The van der Waals surface area contributed by atoms with Crippen molar-refractivity contribution < 1.29 is 4.79 Å². The third kappa shape index (κ3) is 5.25. The van der Waals surface area contributed by atoms with Gasteiger partial charge in [0, 0.05) is 6.54 Å². The van der Waals surface area contributed by atoms with Gasteiger partial charge in [-0.3, -0.25) is 4.79 Å². The third-order valence-electron chi connectivity index (χ3n) is 3.37. The number of aryl methyl sites for hydroxylation is 1. The first-order chi connectivity index (χ1) is 11.1. The van der Waals surface area contributed by atoms with Crippen molar-refractivity contribution in [3.05, 3.63) is 35.6 Å². The minimum atomic E-state index is -0.291. The fourth-order valence-electron chi connectivity index (χ4n) is 2.03. The number of rotatable bonds is 8. The summed E-state index contributed by atoms with van der Waals surface area (Å²) in [5.41, 5.74) is 0.621. The average Bonchev–Trinajstić information content (AvgIpc) is 2.97. The van der Waals surface area contributed by atoms with Gasteiger partial charge in [-0.1, -0.05) is 55.3 Å². The third-order valence-corrected chi connectivity index (χ3v) is 4.79. The lowest BCUT2D eigenvalue weighted by atomic mass is 10.2. The normalized spacial score (nSPS) is 12.1. The lowest BCUT2D eigenvalue weighted by Crippen LogP contribution is -2.23. The van der Waals surface area contributed by atoms with Crippen LogP contribution in [0.3, 0.4) is 0 Å². The standard InChI is InChI=1S/C16H21ClN4OS/c1-3-4-7-10-21-11-18-20-16(21)23-12(2)15(22)19-14-9-6-5-8-13(14)17/h5-6,8-9,11-12H,3-4,7,10H2,1-2H3,(H,19,22)/t12-/m0/s1. The second kappa shape index (κ2) is 8.93. The van der Waals surface area contributed by atoms with Gasteiger partial charge in [0.2, 0.25) is 5.91 Å². The van der Waals surface area contributed by atoms with Crippen molar-refractivity contribution in [2.45, 2.75) is 50.1 Å². The minimum absolute atomic E-state index is 0.105. The van der Waals surface area contributed by atoms with Crippen LogP contribution in [0.5, 0.6) is 0 Å². The average molecular weight is 353 g/mol.